The second-order valence-corrected chi connectivity index (χ2v) is 7.80. The van der Waals surface area contributed by atoms with E-state index in [0.717, 1.165) is 19.3 Å². The number of piperidine rings is 2. The van der Waals surface area contributed by atoms with Gasteiger partial charge in [0.1, 0.15) is 12.0 Å². The minimum absolute atomic E-state index is 0.148. The van der Waals surface area contributed by atoms with Crippen molar-refractivity contribution in [2.45, 2.75) is 63.1 Å². The average molecular weight is 349 g/mol. The first-order valence-corrected chi connectivity index (χ1v) is 9.40. The zero-order chi connectivity index (χ0) is 17.6. The van der Waals surface area contributed by atoms with Crippen LogP contribution in [0.5, 0.6) is 0 Å². The van der Waals surface area contributed by atoms with E-state index in [2.05, 4.69) is 16.7 Å². The van der Waals surface area contributed by atoms with Gasteiger partial charge in [0.15, 0.2) is 0 Å². The molecule has 5 N–H and O–H groups in total. The number of fused-ring (bicyclic) bond motifs is 2. The van der Waals surface area contributed by atoms with Crippen LogP contribution in [-0.4, -0.2) is 47.9 Å². The molecule has 0 amide bonds. The molecule has 0 radical (unpaired) electrons. The van der Waals surface area contributed by atoms with Gasteiger partial charge in [-0.2, -0.15) is 0 Å². The van der Waals surface area contributed by atoms with Gasteiger partial charge in [0.25, 0.3) is 0 Å². The molecule has 7 unspecified atom stereocenters. The fraction of sp³-hybridized carbons (Fsp3) is 0.778. The molecule has 4 aliphatic rings. The Morgan fingerprint density at radius 3 is 2.84 bits per heavy atom. The standard InChI is InChI=1S/C18H27N3O4/c19-16-12(18(23)24)6-11-15(22)10-7-13(9-4-2-1-3-5-9)20-8-14(10)25-17(11)21-16/h4,10-14,16-17,20-21H,1-3,5-8,19H2,(H,23,24). The quantitative estimate of drug-likeness (QED) is 0.532. The number of carbonyl (C=O) groups is 2. The van der Waals surface area contributed by atoms with Gasteiger partial charge in [0.05, 0.1) is 24.1 Å². The molecule has 25 heavy (non-hydrogen) atoms. The summed E-state index contributed by atoms with van der Waals surface area (Å²) in [4.78, 5) is 24.5. The molecule has 7 atom stereocenters. The molecule has 3 aliphatic heterocycles. The minimum Gasteiger partial charge on any atom is -0.481 e. The number of carboxylic acids is 1. The predicted molar refractivity (Wildman–Crippen MR) is 90.5 cm³/mol. The van der Waals surface area contributed by atoms with Gasteiger partial charge >= 0.3 is 5.97 Å². The number of carbonyl (C=O) groups excluding carboxylic acids is 1. The zero-order valence-corrected chi connectivity index (χ0v) is 14.3. The number of nitrogens with two attached hydrogens (primary N) is 1. The Hall–Kier alpha value is -1.28. The third kappa shape index (κ3) is 3.14. The van der Waals surface area contributed by atoms with Crippen molar-refractivity contribution in [3.8, 4) is 0 Å². The Bertz CT molecular complexity index is 593. The van der Waals surface area contributed by atoms with Crippen molar-refractivity contribution in [3.05, 3.63) is 11.6 Å². The van der Waals surface area contributed by atoms with Crippen LogP contribution in [0.4, 0.5) is 0 Å². The number of carboxylic acid groups (broad SMARTS) is 1. The largest absolute Gasteiger partial charge is 0.481 e. The summed E-state index contributed by atoms with van der Waals surface area (Å²) < 4.78 is 6.11. The van der Waals surface area contributed by atoms with Crippen LogP contribution in [0.2, 0.25) is 0 Å². The van der Waals surface area contributed by atoms with Gasteiger partial charge < -0.3 is 20.9 Å². The van der Waals surface area contributed by atoms with Gasteiger partial charge in [-0.25, -0.2) is 0 Å². The summed E-state index contributed by atoms with van der Waals surface area (Å²) in [5.74, 6) is -2.12. The lowest BCUT2D eigenvalue weighted by atomic mass is 9.72. The van der Waals surface area contributed by atoms with E-state index in [1.165, 1.54) is 18.4 Å². The number of nitrogens with one attached hydrogen (secondary N) is 2. The summed E-state index contributed by atoms with van der Waals surface area (Å²) >= 11 is 0. The van der Waals surface area contributed by atoms with E-state index >= 15 is 0 Å². The average Bonchev–Trinajstić information content (AvgIpc) is 2.62. The SMILES string of the molecule is NC1NC2OC3CNC(C4=CCCCC4)CC3C(=O)C2CC1C(=O)O. The number of allylic oxidation sites excluding steroid dienone is 1. The maximum absolute atomic E-state index is 13.1. The summed E-state index contributed by atoms with van der Waals surface area (Å²) in [6, 6.07) is 0.250. The van der Waals surface area contributed by atoms with Gasteiger partial charge in [-0.15, -0.1) is 0 Å². The summed E-state index contributed by atoms with van der Waals surface area (Å²) in [6.45, 7) is 0.654. The van der Waals surface area contributed by atoms with Gasteiger partial charge in [0, 0.05) is 18.5 Å². The first kappa shape index (κ1) is 17.1. The van der Waals surface area contributed by atoms with Crippen LogP contribution in [0.25, 0.3) is 0 Å². The monoisotopic (exact) mass is 349 g/mol. The highest BCUT2D eigenvalue weighted by Crippen LogP contribution is 2.38. The van der Waals surface area contributed by atoms with Crippen molar-refractivity contribution in [1.82, 2.24) is 10.6 Å². The van der Waals surface area contributed by atoms with Crippen molar-refractivity contribution in [2.75, 3.05) is 6.54 Å². The van der Waals surface area contributed by atoms with Crippen LogP contribution >= 0.6 is 0 Å². The zero-order valence-electron chi connectivity index (χ0n) is 14.3. The van der Waals surface area contributed by atoms with Crippen LogP contribution in [0, 0.1) is 17.8 Å². The molecule has 0 aromatic heterocycles. The summed E-state index contributed by atoms with van der Waals surface area (Å²) in [5, 5.41) is 15.9. The lowest BCUT2D eigenvalue weighted by Gasteiger charge is -2.49. The minimum atomic E-state index is -0.955. The number of rotatable bonds is 2. The van der Waals surface area contributed by atoms with Crippen molar-refractivity contribution < 1.29 is 19.4 Å². The van der Waals surface area contributed by atoms with Crippen molar-refractivity contribution in [1.29, 1.82) is 0 Å². The third-order valence-corrected chi connectivity index (χ3v) is 6.31. The number of hydrogen-bond acceptors (Lipinski definition) is 6. The van der Waals surface area contributed by atoms with E-state index in [1.54, 1.807) is 0 Å². The topological polar surface area (TPSA) is 114 Å². The molecule has 1 aliphatic carbocycles. The summed E-state index contributed by atoms with van der Waals surface area (Å²) in [5.41, 5.74) is 7.34. The second-order valence-electron chi connectivity index (χ2n) is 7.80. The van der Waals surface area contributed by atoms with Gasteiger partial charge in [-0.05, 0) is 38.5 Å². The molecular formula is C18H27N3O4. The van der Waals surface area contributed by atoms with Crippen LogP contribution in [0.1, 0.15) is 38.5 Å². The molecule has 3 heterocycles. The predicted octanol–water partition coefficient (Wildman–Crippen LogP) is 0.354. The van der Waals surface area contributed by atoms with Crippen LogP contribution < -0.4 is 16.4 Å². The van der Waals surface area contributed by atoms with Gasteiger partial charge in [-0.3, -0.25) is 14.9 Å². The Balaban J connectivity index is 1.49. The number of hydrogen-bond donors (Lipinski definition) is 4. The molecule has 3 fully saturated rings. The van der Waals surface area contributed by atoms with Crippen molar-refractivity contribution in [3.63, 3.8) is 0 Å². The summed E-state index contributed by atoms with van der Waals surface area (Å²) in [6.07, 6.45) is 6.72. The van der Waals surface area contributed by atoms with Crippen LogP contribution in [0.3, 0.4) is 0 Å². The molecule has 0 aromatic rings. The first-order valence-electron chi connectivity index (χ1n) is 9.40. The maximum atomic E-state index is 13.1. The fourth-order valence-electron chi connectivity index (χ4n) is 4.88. The molecule has 7 nitrogen and oxygen atoms in total. The molecule has 138 valence electrons. The third-order valence-electron chi connectivity index (χ3n) is 6.31. The van der Waals surface area contributed by atoms with Gasteiger partial charge in [0.2, 0.25) is 0 Å². The molecule has 0 aromatic carbocycles. The molecule has 3 saturated heterocycles. The Labute approximate surface area is 147 Å². The van der Waals surface area contributed by atoms with Gasteiger partial charge in [-0.1, -0.05) is 11.6 Å². The maximum Gasteiger partial charge on any atom is 0.309 e. The van der Waals surface area contributed by atoms with E-state index in [0.29, 0.717) is 6.54 Å². The normalized spacial score (nSPS) is 44.4. The fourth-order valence-corrected chi connectivity index (χ4v) is 4.88. The highest BCUT2D eigenvalue weighted by molar-refractivity contribution is 5.86. The van der Waals surface area contributed by atoms with Crippen LogP contribution in [0.15, 0.2) is 11.6 Å². The second kappa shape index (κ2) is 6.79. The number of ketones is 1. The van der Waals surface area contributed by atoms with Crippen molar-refractivity contribution >= 4 is 11.8 Å². The number of ether oxygens (including phenoxy) is 1. The van der Waals surface area contributed by atoms with E-state index < -0.39 is 30.2 Å². The molecule has 0 bridgehead atoms. The molecule has 0 spiro atoms. The van der Waals surface area contributed by atoms with E-state index in [9.17, 15) is 14.7 Å². The smallest absolute Gasteiger partial charge is 0.309 e. The lowest BCUT2D eigenvalue weighted by molar-refractivity contribution is -0.180. The first-order chi connectivity index (χ1) is 12.0. The van der Waals surface area contributed by atoms with E-state index in [4.69, 9.17) is 10.5 Å². The number of aliphatic carboxylic acids is 1. The Morgan fingerprint density at radius 1 is 1.28 bits per heavy atom. The van der Waals surface area contributed by atoms with Crippen molar-refractivity contribution in [2.24, 2.45) is 23.5 Å². The molecular weight excluding hydrogens is 322 g/mol. The molecule has 7 heteroatoms. The summed E-state index contributed by atoms with van der Waals surface area (Å²) in [7, 11) is 0. The van der Waals surface area contributed by atoms with E-state index in [1.807, 2.05) is 0 Å². The highest BCUT2D eigenvalue weighted by Gasteiger charge is 2.51. The molecule has 4 rings (SSSR count). The lowest BCUT2D eigenvalue weighted by Crippen LogP contribution is -2.67. The number of Topliss-reactive ketones (excluding diaryl/α,β-unsaturated/α-hetero) is 1. The Morgan fingerprint density at radius 2 is 2.12 bits per heavy atom. The Kier molecular flexibility index (Phi) is 4.66. The highest BCUT2D eigenvalue weighted by atomic mass is 16.5. The van der Waals surface area contributed by atoms with E-state index in [-0.39, 0.29) is 30.3 Å². The van der Waals surface area contributed by atoms with Crippen LogP contribution in [-0.2, 0) is 14.3 Å². The molecule has 0 saturated carbocycles.